The molecular weight excluding hydrogens is 594 g/mol. The van der Waals surface area contributed by atoms with Gasteiger partial charge >= 0.3 is 0 Å². The fourth-order valence-corrected chi connectivity index (χ4v) is 6.17. The first-order chi connectivity index (χ1) is 23.5. The molecule has 3 unspecified atom stereocenters. The molecule has 0 heterocycles. The number of carbonyl (C=O) groups excluding carboxylic acids is 1. The Kier molecular flexibility index (Phi) is 37.2. The Morgan fingerprint density at radius 3 is 1.33 bits per heavy atom. The largest absolute Gasteiger partial charge is 0.394 e. The molecule has 0 saturated carbocycles. The highest BCUT2D eigenvalue weighted by Crippen LogP contribution is 2.14. The van der Waals surface area contributed by atoms with Crippen molar-refractivity contribution < 1.29 is 20.1 Å². The number of amides is 1. The molecule has 1 amide bonds. The monoisotopic (exact) mass is 676 g/mol. The van der Waals surface area contributed by atoms with E-state index in [9.17, 15) is 20.1 Å². The molecule has 0 fully saturated rings. The van der Waals surface area contributed by atoms with Crippen molar-refractivity contribution in [3.8, 4) is 0 Å². The van der Waals surface area contributed by atoms with E-state index in [2.05, 4.69) is 43.5 Å². The van der Waals surface area contributed by atoms with Gasteiger partial charge in [0.15, 0.2) is 0 Å². The first kappa shape index (κ1) is 46.6. The van der Waals surface area contributed by atoms with Crippen molar-refractivity contribution in [2.75, 3.05) is 6.61 Å². The third-order valence-corrected chi connectivity index (χ3v) is 9.40. The van der Waals surface area contributed by atoms with E-state index in [1.165, 1.54) is 135 Å². The van der Waals surface area contributed by atoms with Gasteiger partial charge in [-0.1, -0.05) is 179 Å². The van der Waals surface area contributed by atoms with Crippen LogP contribution in [0.3, 0.4) is 0 Å². The van der Waals surface area contributed by atoms with Crippen LogP contribution in [0.2, 0.25) is 0 Å². The number of aliphatic hydroxyl groups is 3. The maximum absolute atomic E-state index is 12.4. The zero-order valence-electron chi connectivity index (χ0n) is 31.9. The first-order valence-corrected chi connectivity index (χ1v) is 20.8. The van der Waals surface area contributed by atoms with Crippen molar-refractivity contribution in [2.24, 2.45) is 0 Å². The van der Waals surface area contributed by atoms with Crippen molar-refractivity contribution in [3.63, 3.8) is 0 Å². The summed E-state index contributed by atoms with van der Waals surface area (Å²) in [7, 11) is 0. The van der Waals surface area contributed by atoms with Crippen molar-refractivity contribution in [1.82, 2.24) is 5.32 Å². The van der Waals surface area contributed by atoms with E-state index in [0.29, 0.717) is 6.42 Å². The lowest BCUT2D eigenvalue weighted by atomic mass is 10.0. The molecule has 0 aromatic rings. The summed E-state index contributed by atoms with van der Waals surface area (Å²) in [6.07, 6.45) is 47.1. The highest BCUT2D eigenvalue weighted by atomic mass is 16.3. The summed E-state index contributed by atoms with van der Waals surface area (Å²) >= 11 is 0. The Balaban J connectivity index is 3.71. The van der Waals surface area contributed by atoms with E-state index in [0.717, 1.165) is 44.9 Å². The second kappa shape index (κ2) is 38.4. The van der Waals surface area contributed by atoms with E-state index in [4.69, 9.17) is 0 Å². The Bertz CT molecular complexity index is 749. The van der Waals surface area contributed by atoms with Crippen molar-refractivity contribution in [2.45, 2.75) is 225 Å². The van der Waals surface area contributed by atoms with Crippen LogP contribution in [0.5, 0.6) is 0 Å². The molecule has 0 aromatic carbocycles. The Morgan fingerprint density at radius 1 is 0.521 bits per heavy atom. The molecule has 4 N–H and O–H groups in total. The van der Waals surface area contributed by atoms with Gasteiger partial charge < -0.3 is 20.6 Å². The minimum Gasteiger partial charge on any atom is -0.394 e. The van der Waals surface area contributed by atoms with Gasteiger partial charge in [0.1, 0.15) is 0 Å². The van der Waals surface area contributed by atoms with Crippen LogP contribution in [-0.2, 0) is 4.79 Å². The van der Waals surface area contributed by atoms with Crippen molar-refractivity contribution >= 4 is 5.91 Å². The average Bonchev–Trinajstić information content (AvgIpc) is 3.08. The van der Waals surface area contributed by atoms with Gasteiger partial charge in [0, 0.05) is 0 Å². The van der Waals surface area contributed by atoms with Gasteiger partial charge in [-0.15, -0.1) is 0 Å². The lowest BCUT2D eigenvalue weighted by Crippen LogP contribution is -2.45. The topological polar surface area (TPSA) is 89.8 Å². The number of carbonyl (C=O) groups is 1. The third kappa shape index (κ3) is 34.4. The van der Waals surface area contributed by atoms with Crippen LogP contribution in [0.4, 0.5) is 0 Å². The summed E-state index contributed by atoms with van der Waals surface area (Å²) < 4.78 is 0. The van der Waals surface area contributed by atoms with Gasteiger partial charge in [-0.25, -0.2) is 0 Å². The number of hydrogen-bond acceptors (Lipinski definition) is 4. The van der Waals surface area contributed by atoms with Crippen molar-refractivity contribution in [3.05, 3.63) is 36.5 Å². The van der Waals surface area contributed by atoms with Gasteiger partial charge in [0.25, 0.3) is 0 Å². The van der Waals surface area contributed by atoms with Crippen molar-refractivity contribution in [1.29, 1.82) is 0 Å². The lowest BCUT2D eigenvalue weighted by molar-refractivity contribution is -0.124. The lowest BCUT2D eigenvalue weighted by Gasteiger charge is -2.20. The predicted molar refractivity (Wildman–Crippen MR) is 208 cm³/mol. The van der Waals surface area contributed by atoms with Crippen LogP contribution in [0.15, 0.2) is 36.5 Å². The molecule has 3 atom stereocenters. The predicted octanol–water partition coefficient (Wildman–Crippen LogP) is 11.6. The van der Waals surface area contributed by atoms with Crippen LogP contribution in [0.1, 0.15) is 206 Å². The smallest absolute Gasteiger partial charge is 0.222 e. The van der Waals surface area contributed by atoms with Gasteiger partial charge in [0.2, 0.25) is 5.91 Å². The van der Waals surface area contributed by atoms with Crippen LogP contribution in [-0.4, -0.2) is 46.1 Å². The van der Waals surface area contributed by atoms with Crippen LogP contribution >= 0.6 is 0 Å². The zero-order chi connectivity index (χ0) is 35.2. The Morgan fingerprint density at radius 2 is 0.896 bits per heavy atom. The molecule has 5 nitrogen and oxygen atoms in total. The van der Waals surface area contributed by atoms with Gasteiger partial charge in [0.05, 0.1) is 31.3 Å². The Labute approximate surface area is 298 Å². The normalized spacial score (nSPS) is 14.0. The number of allylic oxidation sites excluding steroid dienone is 5. The highest BCUT2D eigenvalue weighted by Gasteiger charge is 2.20. The molecule has 0 bridgehead atoms. The minimum absolute atomic E-state index is 0.000386. The summed E-state index contributed by atoms with van der Waals surface area (Å²) in [5.74, 6) is -0.331. The summed E-state index contributed by atoms with van der Waals surface area (Å²) in [6, 6.07) is -0.761. The molecule has 0 aliphatic rings. The second-order valence-corrected chi connectivity index (χ2v) is 14.2. The highest BCUT2D eigenvalue weighted by molar-refractivity contribution is 5.76. The van der Waals surface area contributed by atoms with Gasteiger partial charge in [-0.05, 0) is 57.8 Å². The Hall–Kier alpha value is -1.43. The quantitative estimate of drug-likeness (QED) is 0.0390. The van der Waals surface area contributed by atoms with Crippen LogP contribution < -0.4 is 5.32 Å². The average molecular weight is 676 g/mol. The van der Waals surface area contributed by atoms with E-state index in [-0.39, 0.29) is 18.9 Å². The maximum atomic E-state index is 12.4. The fourth-order valence-electron chi connectivity index (χ4n) is 6.17. The molecule has 0 radical (unpaired) electrons. The zero-order valence-corrected chi connectivity index (χ0v) is 31.9. The van der Waals surface area contributed by atoms with Crippen LogP contribution in [0.25, 0.3) is 0 Å². The third-order valence-electron chi connectivity index (χ3n) is 9.40. The number of aliphatic hydroxyl groups excluding tert-OH is 3. The molecule has 0 aliphatic heterocycles. The van der Waals surface area contributed by atoms with E-state index in [1.807, 2.05) is 6.08 Å². The molecule has 0 rings (SSSR count). The van der Waals surface area contributed by atoms with E-state index < -0.39 is 18.2 Å². The van der Waals surface area contributed by atoms with E-state index in [1.54, 1.807) is 6.08 Å². The molecule has 282 valence electrons. The first-order valence-electron chi connectivity index (χ1n) is 20.8. The summed E-state index contributed by atoms with van der Waals surface area (Å²) in [6.45, 7) is 4.18. The molecule has 0 spiro atoms. The number of nitrogens with one attached hydrogen (secondary N) is 1. The molecule has 0 aliphatic carbocycles. The molecular formula is C43H81NO4. The standard InChI is InChI=1S/C43H81NO4/c1-3-5-7-9-11-13-15-17-18-19-20-21-22-23-25-26-28-30-32-34-36-40(46)38-43(48)44-41(39-45)42(47)37-35-33-31-29-27-24-16-14-12-10-8-6-4-2/h22-23,27,29,35,37,40-42,45-47H,3-21,24-26,28,30-34,36,38-39H2,1-2H3,(H,44,48)/b23-22-,29-27+,37-35+. The summed E-state index contributed by atoms with van der Waals surface area (Å²) in [5, 5.41) is 33.1. The minimum atomic E-state index is -0.952. The fraction of sp³-hybridized carbons (Fsp3) is 0.837. The number of unbranched alkanes of at least 4 members (excludes halogenated alkanes) is 24. The molecule has 48 heavy (non-hydrogen) atoms. The molecule has 0 saturated heterocycles. The number of hydrogen-bond donors (Lipinski definition) is 4. The van der Waals surface area contributed by atoms with E-state index >= 15 is 0 Å². The molecule has 0 aromatic heterocycles. The summed E-state index contributed by atoms with van der Waals surface area (Å²) in [5.41, 5.74) is 0. The van der Waals surface area contributed by atoms with Crippen LogP contribution in [0, 0.1) is 0 Å². The van der Waals surface area contributed by atoms with Gasteiger partial charge in [-0.3, -0.25) is 4.79 Å². The summed E-state index contributed by atoms with van der Waals surface area (Å²) in [4.78, 5) is 12.4. The SMILES string of the molecule is CCCCCCCCC/C=C/CC/C=C/C(O)C(CO)NC(=O)CC(O)CCCCCCC/C=C\CCCCCCCCCCCCC. The maximum Gasteiger partial charge on any atom is 0.222 e. The number of rotatable bonds is 37. The second-order valence-electron chi connectivity index (χ2n) is 14.2. The van der Waals surface area contributed by atoms with Gasteiger partial charge in [-0.2, -0.15) is 0 Å². The molecule has 5 heteroatoms.